The lowest BCUT2D eigenvalue weighted by Gasteiger charge is -2.37. The number of aliphatic carboxylic acids is 1. The van der Waals surface area contributed by atoms with Crippen LogP contribution in [0.1, 0.15) is 18.2 Å². The molecular weight excluding hydrogens is 468 g/mol. The van der Waals surface area contributed by atoms with E-state index in [0.717, 1.165) is 17.9 Å². The van der Waals surface area contributed by atoms with Gasteiger partial charge in [0.25, 0.3) is 5.91 Å². The van der Waals surface area contributed by atoms with E-state index in [0.29, 0.717) is 5.69 Å². The smallest absolute Gasteiger partial charge is 0.328 e. The molecule has 12 heteroatoms. The summed E-state index contributed by atoms with van der Waals surface area (Å²) < 4.78 is 29.9. The molecule has 1 aromatic carbocycles. The Kier molecular flexibility index (Phi) is 5.56. The van der Waals surface area contributed by atoms with Gasteiger partial charge in [0.15, 0.2) is 32.8 Å². The topological polar surface area (TPSA) is 171 Å². The predicted octanol–water partition coefficient (Wildman–Crippen LogP) is 0.471. The summed E-state index contributed by atoms with van der Waals surface area (Å²) in [6.45, 7) is 0.330. The summed E-state index contributed by atoms with van der Waals surface area (Å²) in [5.41, 5.74) is 0.512. The molecule has 0 bridgehead atoms. The first-order valence-electron chi connectivity index (χ1n) is 10.1. The molecule has 34 heavy (non-hydrogen) atoms. The standard InChI is InChI=1S/C22H20N2O9S/c1-22(11-33-17(27)9-12-5-6-15(25)16(26)8-12)18(21(29)30)24-19(28)14(20(24)34(22,31)32)10-13-4-2-3-7-23-13/h2-8,10,18,20,25-26H,9,11H2,1H3,(H,29,30)/b14-10-/t18-,20+,22-/m0/s1. The Morgan fingerprint density at radius 3 is 2.56 bits per heavy atom. The fourth-order valence-corrected chi connectivity index (χ4v) is 6.41. The summed E-state index contributed by atoms with van der Waals surface area (Å²) in [5, 5.41) is 27.2. The van der Waals surface area contributed by atoms with Crippen LogP contribution in [0.15, 0.2) is 48.2 Å². The average molecular weight is 488 g/mol. The van der Waals surface area contributed by atoms with Crippen LogP contribution in [0.2, 0.25) is 0 Å². The van der Waals surface area contributed by atoms with Gasteiger partial charge in [0.2, 0.25) is 0 Å². The quantitative estimate of drug-likeness (QED) is 0.225. The molecule has 0 saturated carbocycles. The van der Waals surface area contributed by atoms with Crippen molar-refractivity contribution >= 4 is 33.8 Å². The van der Waals surface area contributed by atoms with Crippen LogP contribution in [0.4, 0.5) is 0 Å². The zero-order valence-corrected chi connectivity index (χ0v) is 18.6. The van der Waals surface area contributed by atoms with Gasteiger partial charge >= 0.3 is 11.9 Å². The lowest BCUT2D eigenvalue weighted by Crippen LogP contribution is -2.59. The van der Waals surface area contributed by atoms with Crippen LogP contribution in [0, 0.1) is 0 Å². The van der Waals surface area contributed by atoms with Gasteiger partial charge in [-0.3, -0.25) is 14.6 Å². The number of aromatic hydroxyl groups is 2. The summed E-state index contributed by atoms with van der Waals surface area (Å²) in [7, 11) is -4.33. The Labute approximate surface area is 193 Å². The summed E-state index contributed by atoms with van der Waals surface area (Å²) in [4.78, 5) is 41.9. The lowest BCUT2D eigenvalue weighted by atomic mass is 9.94. The van der Waals surface area contributed by atoms with E-state index >= 15 is 0 Å². The van der Waals surface area contributed by atoms with Gasteiger partial charge in [-0.05, 0) is 42.8 Å². The van der Waals surface area contributed by atoms with Crippen LogP contribution in [-0.4, -0.2) is 74.2 Å². The molecule has 3 heterocycles. The van der Waals surface area contributed by atoms with Crippen LogP contribution in [0.3, 0.4) is 0 Å². The van der Waals surface area contributed by atoms with Gasteiger partial charge in [0, 0.05) is 6.20 Å². The van der Waals surface area contributed by atoms with Crippen molar-refractivity contribution in [1.82, 2.24) is 9.88 Å². The summed E-state index contributed by atoms with van der Waals surface area (Å²) in [6, 6.07) is 6.79. The number of phenols is 2. The van der Waals surface area contributed by atoms with Gasteiger partial charge in [-0.1, -0.05) is 12.1 Å². The van der Waals surface area contributed by atoms with Gasteiger partial charge < -0.3 is 25.0 Å². The number of benzene rings is 1. The van der Waals surface area contributed by atoms with Crippen LogP contribution >= 0.6 is 0 Å². The van der Waals surface area contributed by atoms with E-state index in [4.69, 9.17) is 4.74 Å². The number of hydrogen-bond donors (Lipinski definition) is 3. The highest BCUT2D eigenvalue weighted by Crippen LogP contribution is 2.49. The number of esters is 1. The van der Waals surface area contributed by atoms with E-state index in [1.54, 1.807) is 18.2 Å². The van der Waals surface area contributed by atoms with Crippen molar-refractivity contribution < 1.29 is 42.9 Å². The Morgan fingerprint density at radius 2 is 1.94 bits per heavy atom. The van der Waals surface area contributed by atoms with E-state index in [1.165, 1.54) is 24.4 Å². The molecule has 0 aliphatic carbocycles. The fraction of sp³-hybridized carbons (Fsp3) is 0.273. The molecule has 2 aromatic rings. The highest BCUT2D eigenvalue weighted by molar-refractivity contribution is 7.94. The number of nitrogens with zero attached hydrogens (tertiary/aromatic N) is 2. The molecule has 3 N–H and O–H groups in total. The molecule has 2 saturated heterocycles. The highest BCUT2D eigenvalue weighted by atomic mass is 32.2. The maximum absolute atomic E-state index is 13.4. The number of carboxylic acid groups (broad SMARTS) is 1. The summed E-state index contributed by atoms with van der Waals surface area (Å²) in [5.74, 6) is -4.00. The van der Waals surface area contributed by atoms with Crippen molar-refractivity contribution in [1.29, 1.82) is 0 Å². The fourth-order valence-electron chi connectivity index (χ4n) is 4.13. The van der Waals surface area contributed by atoms with Crippen molar-refractivity contribution in [2.45, 2.75) is 29.5 Å². The van der Waals surface area contributed by atoms with Crippen LogP contribution in [0.5, 0.6) is 11.5 Å². The number of β-lactam (4-membered cyclic amide) rings is 1. The minimum atomic E-state index is -4.33. The number of hydrogen-bond acceptors (Lipinski definition) is 9. The van der Waals surface area contributed by atoms with Crippen molar-refractivity contribution in [2.75, 3.05) is 6.61 Å². The van der Waals surface area contributed by atoms with Gasteiger partial charge in [0.1, 0.15) is 11.4 Å². The van der Waals surface area contributed by atoms with E-state index in [1.807, 2.05) is 0 Å². The van der Waals surface area contributed by atoms with Crippen LogP contribution in [0.25, 0.3) is 6.08 Å². The van der Waals surface area contributed by atoms with Crippen molar-refractivity contribution in [3.63, 3.8) is 0 Å². The minimum absolute atomic E-state index is 0.112. The number of rotatable bonds is 6. The molecule has 3 atom stereocenters. The average Bonchev–Trinajstić information content (AvgIpc) is 2.95. The number of pyridine rings is 1. The second-order valence-corrected chi connectivity index (χ2v) is 10.6. The van der Waals surface area contributed by atoms with E-state index in [9.17, 15) is 38.1 Å². The number of carbonyl (C=O) groups excluding carboxylic acids is 2. The monoisotopic (exact) mass is 488 g/mol. The van der Waals surface area contributed by atoms with Gasteiger partial charge in [-0.15, -0.1) is 0 Å². The largest absolute Gasteiger partial charge is 0.504 e. The van der Waals surface area contributed by atoms with Crippen molar-refractivity contribution in [2.24, 2.45) is 0 Å². The lowest BCUT2D eigenvalue weighted by molar-refractivity contribution is -0.155. The molecule has 0 spiro atoms. The molecule has 2 aliphatic heterocycles. The SMILES string of the molecule is C[C@]1(COC(=O)Cc2ccc(O)c(O)c2)[C@H](C(=O)O)N2C(=O)/C(=C/c3ccccn3)[C@H]2S1(=O)=O. The van der Waals surface area contributed by atoms with Gasteiger partial charge in [-0.25, -0.2) is 13.2 Å². The van der Waals surface area contributed by atoms with Crippen LogP contribution in [-0.2, 0) is 35.4 Å². The molecule has 2 fully saturated rings. The number of phenolic OH excluding ortho intramolecular Hbond substituents is 2. The zero-order valence-electron chi connectivity index (χ0n) is 17.8. The van der Waals surface area contributed by atoms with Gasteiger partial charge in [0.05, 0.1) is 17.7 Å². The number of ether oxygens (including phenoxy) is 1. The second-order valence-electron chi connectivity index (χ2n) is 8.18. The third-order valence-electron chi connectivity index (χ3n) is 5.93. The molecule has 4 rings (SSSR count). The Morgan fingerprint density at radius 1 is 1.21 bits per heavy atom. The molecule has 1 amide bonds. The Hall–Kier alpha value is -3.93. The van der Waals surface area contributed by atoms with E-state index < -0.39 is 56.2 Å². The Balaban J connectivity index is 1.59. The summed E-state index contributed by atoms with van der Waals surface area (Å²) in [6.07, 6.45) is 2.40. The number of carboxylic acids is 1. The zero-order chi connectivity index (χ0) is 24.8. The first kappa shape index (κ1) is 23.2. The van der Waals surface area contributed by atoms with Crippen molar-refractivity contribution in [3.8, 4) is 11.5 Å². The molecule has 0 radical (unpaired) electrons. The minimum Gasteiger partial charge on any atom is -0.504 e. The Bertz CT molecular complexity index is 1320. The van der Waals surface area contributed by atoms with E-state index in [2.05, 4.69) is 4.98 Å². The first-order chi connectivity index (χ1) is 16.0. The summed E-state index contributed by atoms with van der Waals surface area (Å²) >= 11 is 0. The number of aromatic nitrogens is 1. The molecule has 178 valence electrons. The molecule has 1 aromatic heterocycles. The molecule has 0 unspecified atom stereocenters. The normalized spacial score (nSPS) is 26.1. The number of amides is 1. The third kappa shape index (κ3) is 3.55. The van der Waals surface area contributed by atoms with Crippen molar-refractivity contribution in [3.05, 3.63) is 59.4 Å². The predicted molar refractivity (Wildman–Crippen MR) is 116 cm³/mol. The molecule has 2 aliphatic rings. The number of fused-ring (bicyclic) bond motifs is 1. The first-order valence-corrected chi connectivity index (χ1v) is 11.6. The maximum atomic E-state index is 13.4. The number of sulfone groups is 1. The van der Waals surface area contributed by atoms with Crippen LogP contribution < -0.4 is 0 Å². The van der Waals surface area contributed by atoms with E-state index in [-0.39, 0.29) is 23.3 Å². The highest BCUT2D eigenvalue weighted by Gasteiger charge is 2.72. The third-order valence-corrected chi connectivity index (χ3v) is 8.64. The van der Waals surface area contributed by atoms with Gasteiger partial charge in [-0.2, -0.15) is 0 Å². The maximum Gasteiger partial charge on any atom is 0.328 e. The molecule has 11 nitrogen and oxygen atoms in total. The second kappa shape index (κ2) is 8.13. The number of carbonyl (C=O) groups is 3. The molecular formula is C22H20N2O9S.